The molecule has 2 heterocycles. The molecule has 1 saturated carbocycles. The Bertz CT molecular complexity index is 920. The Morgan fingerprint density at radius 3 is 2.40 bits per heavy atom. The van der Waals surface area contributed by atoms with E-state index in [9.17, 15) is 9.90 Å². The van der Waals surface area contributed by atoms with Crippen LogP contribution in [0, 0.1) is 0 Å². The van der Waals surface area contributed by atoms with E-state index in [2.05, 4.69) is 4.90 Å². The van der Waals surface area contributed by atoms with Crippen LogP contribution < -0.4 is 4.90 Å². The molecule has 1 N–H and O–H groups in total. The molecule has 1 amide bonds. The zero-order valence-corrected chi connectivity index (χ0v) is 18.9. The Balaban J connectivity index is 1.51. The molecule has 1 aliphatic heterocycles. The van der Waals surface area contributed by atoms with Gasteiger partial charge in [0.2, 0.25) is 0 Å². The number of aromatic nitrogens is 1. The van der Waals surface area contributed by atoms with Crippen molar-refractivity contribution in [2.24, 2.45) is 0 Å². The number of halogens is 1. The Morgan fingerprint density at radius 1 is 1.10 bits per heavy atom. The Labute approximate surface area is 183 Å². The summed E-state index contributed by atoms with van der Waals surface area (Å²) in [5, 5.41) is 13.4. The first-order valence-corrected chi connectivity index (χ1v) is 11.4. The van der Waals surface area contributed by atoms with E-state index < -0.39 is 5.60 Å². The molecule has 1 aliphatic carbocycles. The number of ether oxygens (including phenoxy) is 1. The van der Waals surface area contributed by atoms with Gasteiger partial charge in [0.1, 0.15) is 5.60 Å². The molecule has 0 atom stereocenters. The summed E-state index contributed by atoms with van der Waals surface area (Å²) in [4.78, 5) is 16.2. The van der Waals surface area contributed by atoms with E-state index >= 15 is 0 Å². The SMILES string of the molecule is CC(C)(C)OC(=O)N1CCN(c2cc3c(O)n(C4CCCCC4)cc3cc2Cl)CC1. The van der Waals surface area contributed by atoms with Gasteiger partial charge < -0.3 is 24.2 Å². The van der Waals surface area contributed by atoms with Crippen LogP contribution >= 0.6 is 11.6 Å². The number of carbonyl (C=O) groups is 1. The second-order valence-electron chi connectivity index (χ2n) is 9.50. The maximum absolute atomic E-state index is 12.3. The Hall–Kier alpha value is -2.08. The number of hydrogen-bond acceptors (Lipinski definition) is 4. The molecule has 2 aromatic rings. The Kier molecular flexibility index (Phi) is 5.80. The van der Waals surface area contributed by atoms with Crippen molar-refractivity contribution in [2.75, 3.05) is 31.1 Å². The number of carbonyl (C=O) groups excluding carboxylic acids is 1. The third-order valence-electron chi connectivity index (χ3n) is 6.12. The fourth-order valence-electron chi connectivity index (χ4n) is 4.56. The number of aromatic hydroxyl groups is 1. The van der Waals surface area contributed by atoms with Crippen molar-refractivity contribution in [3.05, 3.63) is 23.4 Å². The zero-order valence-electron chi connectivity index (χ0n) is 18.2. The lowest BCUT2D eigenvalue weighted by Gasteiger charge is -2.37. The number of nitrogens with zero attached hydrogens (tertiary/aromatic N) is 3. The minimum Gasteiger partial charge on any atom is -0.494 e. The summed E-state index contributed by atoms with van der Waals surface area (Å²) in [5.74, 6) is 0.335. The lowest BCUT2D eigenvalue weighted by Crippen LogP contribution is -2.50. The second-order valence-corrected chi connectivity index (χ2v) is 9.90. The number of amides is 1. The fraction of sp³-hybridized carbons (Fsp3) is 0.609. The lowest BCUT2D eigenvalue weighted by molar-refractivity contribution is 0.0240. The van der Waals surface area contributed by atoms with E-state index in [1.807, 2.05) is 43.7 Å². The van der Waals surface area contributed by atoms with Crippen LogP contribution in [0.4, 0.5) is 10.5 Å². The van der Waals surface area contributed by atoms with Crippen molar-refractivity contribution in [1.29, 1.82) is 0 Å². The molecule has 164 valence electrons. The molecule has 4 rings (SSSR count). The smallest absolute Gasteiger partial charge is 0.410 e. The highest BCUT2D eigenvalue weighted by Crippen LogP contribution is 2.40. The topological polar surface area (TPSA) is 57.9 Å². The van der Waals surface area contributed by atoms with Gasteiger partial charge in [-0.1, -0.05) is 30.9 Å². The number of piperazine rings is 1. The maximum Gasteiger partial charge on any atom is 0.410 e. The van der Waals surface area contributed by atoms with E-state index in [1.165, 1.54) is 19.3 Å². The highest BCUT2D eigenvalue weighted by atomic mass is 35.5. The van der Waals surface area contributed by atoms with Crippen molar-refractivity contribution >= 4 is 34.2 Å². The summed E-state index contributed by atoms with van der Waals surface area (Å²) < 4.78 is 7.51. The third-order valence-corrected chi connectivity index (χ3v) is 6.43. The Morgan fingerprint density at radius 2 is 1.77 bits per heavy atom. The number of fused-ring (bicyclic) bond motifs is 1. The monoisotopic (exact) mass is 433 g/mol. The van der Waals surface area contributed by atoms with Gasteiger partial charge in [-0.3, -0.25) is 0 Å². The first-order valence-electron chi connectivity index (χ1n) is 11.0. The molecule has 7 heteroatoms. The number of benzene rings is 1. The number of hydrogen-bond donors (Lipinski definition) is 1. The molecule has 2 aliphatic rings. The quantitative estimate of drug-likeness (QED) is 0.673. The van der Waals surface area contributed by atoms with E-state index in [1.54, 1.807) is 4.90 Å². The largest absolute Gasteiger partial charge is 0.494 e. The molecule has 30 heavy (non-hydrogen) atoms. The van der Waals surface area contributed by atoms with Crippen molar-refractivity contribution in [3.63, 3.8) is 0 Å². The second kappa shape index (κ2) is 8.22. The normalized spacial score (nSPS) is 18.8. The van der Waals surface area contributed by atoms with Crippen LogP contribution in [0.1, 0.15) is 58.9 Å². The average molecular weight is 434 g/mol. The first kappa shape index (κ1) is 21.2. The van der Waals surface area contributed by atoms with Crippen molar-refractivity contribution in [3.8, 4) is 5.88 Å². The highest BCUT2D eigenvalue weighted by Gasteiger charge is 2.27. The highest BCUT2D eigenvalue weighted by molar-refractivity contribution is 6.34. The molecule has 1 aromatic heterocycles. The molecule has 6 nitrogen and oxygen atoms in total. The summed E-state index contributed by atoms with van der Waals surface area (Å²) in [5.41, 5.74) is 0.413. The van der Waals surface area contributed by atoms with Crippen LogP contribution in [0.2, 0.25) is 5.02 Å². The van der Waals surface area contributed by atoms with Crippen LogP contribution in [0.25, 0.3) is 10.8 Å². The van der Waals surface area contributed by atoms with Gasteiger partial charge >= 0.3 is 6.09 Å². The van der Waals surface area contributed by atoms with Gasteiger partial charge in [-0.2, -0.15) is 0 Å². The van der Waals surface area contributed by atoms with Gasteiger partial charge in [-0.15, -0.1) is 0 Å². The maximum atomic E-state index is 12.3. The number of anilines is 1. The van der Waals surface area contributed by atoms with Crippen LogP contribution in [0.5, 0.6) is 5.88 Å². The molecule has 1 aromatic carbocycles. The van der Waals surface area contributed by atoms with Crippen molar-refractivity contribution < 1.29 is 14.6 Å². The van der Waals surface area contributed by atoms with Gasteiger partial charge in [0.15, 0.2) is 5.88 Å². The zero-order chi connectivity index (χ0) is 21.5. The van der Waals surface area contributed by atoms with Gasteiger partial charge in [0.05, 0.1) is 10.7 Å². The van der Waals surface area contributed by atoms with Crippen LogP contribution in [-0.4, -0.2) is 52.4 Å². The third kappa shape index (κ3) is 4.34. The molecule has 0 spiro atoms. The predicted molar refractivity (Wildman–Crippen MR) is 121 cm³/mol. The summed E-state index contributed by atoms with van der Waals surface area (Å²) in [6.07, 6.45) is 7.70. The van der Waals surface area contributed by atoms with E-state index in [4.69, 9.17) is 16.3 Å². The summed E-state index contributed by atoms with van der Waals surface area (Å²) in [6.45, 7) is 8.14. The van der Waals surface area contributed by atoms with E-state index in [0.29, 0.717) is 43.1 Å². The fourth-order valence-corrected chi connectivity index (χ4v) is 4.86. The van der Waals surface area contributed by atoms with Crippen molar-refractivity contribution in [1.82, 2.24) is 9.47 Å². The van der Waals surface area contributed by atoms with Gasteiger partial charge in [0, 0.05) is 49.2 Å². The summed E-state index contributed by atoms with van der Waals surface area (Å²) >= 11 is 6.63. The van der Waals surface area contributed by atoms with Crippen LogP contribution in [-0.2, 0) is 4.74 Å². The van der Waals surface area contributed by atoms with Gasteiger partial charge in [-0.05, 0) is 45.7 Å². The summed E-state index contributed by atoms with van der Waals surface area (Å²) in [6, 6.07) is 4.31. The summed E-state index contributed by atoms with van der Waals surface area (Å²) in [7, 11) is 0. The molecule has 0 radical (unpaired) electrons. The first-order chi connectivity index (χ1) is 14.2. The van der Waals surface area contributed by atoms with Gasteiger partial charge in [0.25, 0.3) is 0 Å². The van der Waals surface area contributed by atoms with E-state index in [-0.39, 0.29) is 6.09 Å². The predicted octanol–water partition coefficient (Wildman–Crippen LogP) is 5.56. The van der Waals surface area contributed by atoms with Crippen LogP contribution in [0.15, 0.2) is 18.3 Å². The molecule has 0 unspecified atom stereocenters. The molecule has 2 fully saturated rings. The lowest BCUT2D eigenvalue weighted by atomic mass is 9.95. The number of rotatable bonds is 2. The molecule has 1 saturated heterocycles. The van der Waals surface area contributed by atoms with E-state index in [0.717, 1.165) is 29.3 Å². The standard InChI is InChI=1S/C23H32ClN3O3/c1-23(2,3)30-22(29)26-11-9-25(10-12-26)20-14-18-16(13-19(20)24)15-27(21(18)28)17-7-5-4-6-8-17/h13-15,17,28H,4-12H2,1-3H3. The average Bonchev–Trinajstić information content (AvgIpc) is 3.02. The molecular formula is C23H32ClN3O3. The minimum atomic E-state index is -0.494. The molecule has 0 bridgehead atoms. The van der Waals surface area contributed by atoms with Gasteiger partial charge in [-0.25, -0.2) is 4.79 Å². The van der Waals surface area contributed by atoms with Crippen LogP contribution in [0.3, 0.4) is 0 Å². The van der Waals surface area contributed by atoms with Crippen molar-refractivity contribution in [2.45, 2.75) is 64.5 Å². The molecular weight excluding hydrogens is 402 g/mol. The minimum absolute atomic E-state index is 0.272.